The van der Waals surface area contributed by atoms with E-state index in [9.17, 15) is 9.59 Å². The fourth-order valence-electron chi connectivity index (χ4n) is 1.17. The van der Waals surface area contributed by atoms with Crippen LogP contribution in [-0.4, -0.2) is 17.0 Å². The standard InChI is InChI=1S/C11H9Cl2NO3/c1-6-4-7(12)5-8(13)11(6)14-9(15)2-3-10(16)17/h2-5H,1H3,(H,14,15)(H,16,17)/b3-2-. The number of aliphatic carboxylic acids is 1. The highest BCUT2D eigenvalue weighted by molar-refractivity contribution is 6.37. The topological polar surface area (TPSA) is 66.4 Å². The predicted octanol–water partition coefficient (Wildman–Crippen LogP) is 2.88. The van der Waals surface area contributed by atoms with Crippen molar-refractivity contribution in [1.29, 1.82) is 0 Å². The summed E-state index contributed by atoms with van der Waals surface area (Å²) in [6.07, 6.45) is 1.65. The Kier molecular flexibility index (Phi) is 4.54. The highest BCUT2D eigenvalue weighted by Crippen LogP contribution is 2.29. The summed E-state index contributed by atoms with van der Waals surface area (Å²) in [4.78, 5) is 21.6. The van der Waals surface area contributed by atoms with Gasteiger partial charge < -0.3 is 10.4 Å². The van der Waals surface area contributed by atoms with E-state index in [-0.39, 0.29) is 0 Å². The maximum absolute atomic E-state index is 11.4. The zero-order chi connectivity index (χ0) is 13.0. The van der Waals surface area contributed by atoms with Crippen molar-refractivity contribution in [3.8, 4) is 0 Å². The van der Waals surface area contributed by atoms with Gasteiger partial charge in [-0.3, -0.25) is 4.79 Å². The largest absolute Gasteiger partial charge is 0.478 e. The lowest BCUT2D eigenvalue weighted by molar-refractivity contribution is -0.131. The molecule has 0 spiro atoms. The fraction of sp³-hybridized carbons (Fsp3) is 0.0909. The Morgan fingerprint density at radius 3 is 2.47 bits per heavy atom. The third-order valence-electron chi connectivity index (χ3n) is 1.88. The molecule has 0 radical (unpaired) electrons. The monoisotopic (exact) mass is 273 g/mol. The molecule has 1 aromatic rings. The van der Waals surface area contributed by atoms with Crippen LogP contribution in [-0.2, 0) is 9.59 Å². The summed E-state index contributed by atoms with van der Waals surface area (Å²) in [5.41, 5.74) is 1.11. The van der Waals surface area contributed by atoms with Crippen LogP contribution in [0.15, 0.2) is 24.3 Å². The number of amides is 1. The first-order valence-electron chi connectivity index (χ1n) is 4.58. The summed E-state index contributed by atoms with van der Waals surface area (Å²) in [5.74, 6) is -1.77. The van der Waals surface area contributed by atoms with E-state index < -0.39 is 11.9 Å². The van der Waals surface area contributed by atoms with E-state index in [0.717, 1.165) is 12.2 Å². The fourth-order valence-corrected chi connectivity index (χ4v) is 1.81. The summed E-state index contributed by atoms with van der Waals surface area (Å²) < 4.78 is 0. The molecule has 0 fully saturated rings. The first-order chi connectivity index (χ1) is 7.90. The van der Waals surface area contributed by atoms with Gasteiger partial charge in [0, 0.05) is 17.2 Å². The zero-order valence-electron chi connectivity index (χ0n) is 8.83. The second-order valence-corrected chi connectivity index (χ2v) is 4.08. The average Bonchev–Trinajstić information content (AvgIpc) is 2.20. The van der Waals surface area contributed by atoms with E-state index in [1.165, 1.54) is 6.07 Å². The van der Waals surface area contributed by atoms with Gasteiger partial charge in [0.15, 0.2) is 0 Å². The van der Waals surface area contributed by atoms with E-state index in [1.807, 2.05) is 0 Å². The minimum Gasteiger partial charge on any atom is -0.478 e. The van der Waals surface area contributed by atoms with Crippen LogP contribution >= 0.6 is 23.2 Å². The van der Waals surface area contributed by atoms with E-state index in [0.29, 0.717) is 21.3 Å². The van der Waals surface area contributed by atoms with Gasteiger partial charge in [-0.2, -0.15) is 0 Å². The number of anilines is 1. The van der Waals surface area contributed by atoms with Crippen molar-refractivity contribution >= 4 is 40.8 Å². The average molecular weight is 274 g/mol. The van der Waals surface area contributed by atoms with Crippen molar-refractivity contribution in [3.05, 3.63) is 39.9 Å². The zero-order valence-corrected chi connectivity index (χ0v) is 10.3. The smallest absolute Gasteiger partial charge is 0.328 e. The normalized spacial score (nSPS) is 10.5. The molecule has 1 aromatic carbocycles. The molecule has 17 heavy (non-hydrogen) atoms. The third-order valence-corrected chi connectivity index (χ3v) is 2.39. The predicted molar refractivity (Wildman–Crippen MR) is 66.6 cm³/mol. The van der Waals surface area contributed by atoms with E-state index in [1.54, 1.807) is 13.0 Å². The molecule has 0 atom stereocenters. The van der Waals surface area contributed by atoms with Crippen LogP contribution in [0.25, 0.3) is 0 Å². The molecule has 0 unspecified atom stereocenters. The van der Waals surface area contributed by atoms with Gasteiger partial charge in [-0.1, -0.05) is 23.2 Å². The number of hydrogen-bond donors (Lipinski definition) is 2. The second-order valence-electron chi connectivity index (χ2n) is 3.24. The quantitative estimate of drug-likeness (QED) is 0.833. The summed E-state index contributed by atoms with van der Waals surface area (Å²) >= 11 is 11.7. The van der Waals surface area contributed by atoms with Crippen molar-refractivity contribution in [1.82, 2.24) is 0 Å². The number of nitrogens with one attached hydrogen (secondary N) is 1. The lowest BCUT2D eigenvalue weighted by Gasteiger charge is -2.09. The Morgan fingerprint density at radius 2 is 1.94 bits per heavy atom. The summed E-state index contributed by atoms with van der Waals surface area (Å²) in [6.45, 7) is 1.73. The minimum atomic E-state index is -1.20. The molecule has 0 aliphatic rings. The van der Waals surface area contributed by atoms with Gasteiger partial charge >= 0.3 is 5.97 Å². The molecule has 4 nitrogen and oxygen atoms in total. The number of rotatable bonds is 3. The molecule has 1 rings (SSSR count). The lowest BCUT2D eigenvalue weighted by atomic mass is 10.2. The molecule has 1 amide bonds. The number of halogens is 2. The number of carbonyl (C=O) groups excluding carboxylic acids is 1. The molecule has 0 aliphatic heterocycles. The van der Waals surface area contributed by atoms with Gasteiger partial charge in [-0.15, -0.1) is 0 Å². The number of carbonyl (C=O) groups is 2. The summed E-state index contributed by atoms with van der Waals surface area (Å²) in [6, 6.07) is 3.14. The molecule has 0 saturated heterocycles. The molecular weight excluding hydrogens is 265 g/mol. The number of carboxylic acids is 1. The van der Waals surface area contributed by atoms with Crippen molar-refractivity contribution in [2.75, 3.05) is 5.32 Å². The minimum absolute atomic E-state index is 0.298. The number of benzene rings is 1. The maximum Gasteiger partial charge on any atom is 0.328 e. The van der Waals surface area contributed by atoms with Crippen molar-refractivity contribution < 1.29 is 14.7 Å². The van der Waals surface area contributed by atoms with Crippen molar-refractivity contribution in [3.63, 3.8) is 0 Å². The first-order valence-corrected chi connectivity index (χ1v) is 5.33. The number of hydrogen-bond acceptors (Lipinski definition) is 2. The Balaban J connectivity index is 2.89. The SMILES string of the molecule is Cc1cc(Cl)cc(Cl)c1NC(=O)/C=C\C(=O)O. The molecule has 0 saturated carbocycles. The van der Waals surface area contributed by atoms with Crippen LogP contribution in [0, 0.1) is 6.92 Å². The molecule has 0 aromatic heterocycles. The van der Waals surface area contributed by atoms with Gasteiger partial charge in [0.25, 0.3) is 0 Å². The van der Waals surface area contributed by atoms with Crippen LogP contribution in [0.4, 0.5) is 5.69 Å². The van der Waals surface area contributed by atoms with Gasteiger partial charge in [0.2, 0.25) is 5.91 Å². The second kappa shape index (κ2) is 5.70. The Hall–Kier alpha value is -1.52. The summed E-state index contributed by atoms with van der Waals surface area (Å²) in [5, 5.41) is 11.6. The molecule has 90 valence electrons. The lowest BCUT2D eigenvalue weighted by Crippen LogP contribution is -2.10. The Morgan fingerprint density at radius 1 is 1.29 bits per heavy atom. The Bertz CT molecular complexity index is 474. The summed E-state index contributed by atoms with van der Waals surface area (Å²) in [7, 11) is 0. The van der Waals surface area contributed by atoms with Gasteiger partial charge in [-0.05, 0) is 24.6 Å². The van der Waals surface area contributed by atoms with Gasteiger partial charge in [0.05, 0.1) is 10.7 Å². The van der Waals surface area contributed by atoms with Crippen LogP contribution < -0.4 is 5.32 Å². The first kappa shape index (κ1) is 13.5. The van der Waals surface area contributed by atoms with Gasteiger partial charge in [0.1, 0.15) is 0 Å². The molecule has 2 N–H and O–H groups in total. The maximum atomic E-state index is 11.4. The van der Waals surface area contributed by atoms with Crippen LogP contribution in [0.5, 0.6) is 0 Å². The van der Waals surface area contributed by atoms with Crippen molar-refractivity contribution in [2.45, 2.75) is 6.92 Å². The van der Waals surface area contributed by atoms with Crippen molar-refractivity contribution in [2.24, 2.45) is 0 Å². The van der Waals surface area contributed by atoms with Crippen LogP contribution in [0.1, 0.15) is 5.56 Å². The molecular formula is C11H9Cl2NO3. The van der Waals surface area contributed by atoms with Crippen LogP contribution in [0.2, 0.25) is 10.0 Å². The van der Waals surface area contributed by atoms with Crippen LogP contribution in [0.3, 0.4) is 0 Å². The van der Waals surface area contributed by atoms with E-state index in [2.05, 4.69) is 5.32 Å². The number of aryl methyl sites for hydroxylation is 1. The molecule has 0 heterocycles. The highest BCUT2D eigenvalue weighted by Gasteiger charge is 2.08. The number of carboxylic acid groups (broad SMARTS) is 1. The van der Waals surface area contributed by atoms with E-state index in [4.69, 9.17) is 28.3 Å². The third kappa shape index (κ3) is 4.09. The molecule has 6 heteroatoms. The molecule has 0 bridgehead atoms. The highest BCUT2D eigenvalue weighted by atomic mass is 35.5. The Labute approximate surface area is 108 Å². The van der Waals surface area contributed by atoms with E-state index >= 15 is 0 Å². The molecule has 0 aliphatic carbocycles. The van der Waals surface area contributed by atoms with Gasteiger partial charge in [-0.25, -0.2) is 4.79 Å².